The predicted octanol–water partition coefficient (Wildman–Crippen LogP) is 1.46. The summed E-state index contributed by atoms with van der Waals surface area (Å²) in [7, 11) is 2.32. The lowest BCUT2D eigenvalue weighted by Gasteiger charge is -2.35. The average Bonchev–Trinajstić information content (AvgIpc) is 2.86. The van der Waals surface area contributed by atoms with Gasteiger partial charge in [0.15, 0.2) is 0 Å². The Balaban J connectivity index is 2.47. The Morgan fingerprint density at radius 3 is 2.42 bits per heavy atom. The SMILES string of the molecule is COC(=O)C1=C(C)OC(N)=C(C(=O)OC)C12C(=O)Nc1ccc(Br)cc12. The third-order valence-corrected chi connectivity index (χ3v) is 4.86. The average molecular weight is 423 g/mol. The van der Waals surface area contributed by atoms with E-state index in [-0.39, 0.29) is 22.8 Å². The second-order valence-corrected chi connectivity index (χ2v) is 6.57. The Morgan fingerprint density at radius 2 is 1.81 bits per heavy atom. The van der Waals surface area contributed by atoms with Crippen LogP contribution in [0.25, 0.3) is 0 Å². The minimum Gasteiger partial charge on any atom is -0.466 e. The molecule has 1 unspecified atom stereocenters. The molecular weight excluding hydrogens is 408 g/mol. The number of anilines is 1. The van der Waals surface area contributed by atoms with Gasteiger partial charge in [-0.3, -0.25) is 4.79 Å². The fourth-order valence-corrected chi connectivity index (χ4v) is 3.73. The zero-order valence-electron chi connectivity index (χ0n) is 14.1. The maximum atomic E-state index is 13.2. The van der Waals surface area contributed by atoms with Crippen LogP contribution < -0.4 is 11.1 Å². The second kappa shape index (κ2) is 6.17. The molecule has 3 N–H and O–H groups in total. The number of halogens is 1. The van der Waals surface area contributed by atoms with Crippen LogP contribution in [0.1, 0.15) is 12.5 Å². The van der Waals surface area contributed by atoms with Crippen molar-refractivity contribution in [3.05, 3.63) is 51.0 Å². The van der Waals surface area contributed by atoms with Crippen LogP contribution in [0.15, 0.2) is 45.5 Å². The molecule has 3 rings (SSSR count). The largest absolute Gasteiger partial charge is 0.466 e. The van der Waals surface area contributed by atoms with Crippen LogP contribution in [0.3, 0.4) is 0 Å². The molecule has 1 atom stereocenters. The van der Waals surface area contributed by atoms with E-state index in [1.54, 1.807) is 18.2 Å². The number of allylic oxidation sites excluding steroid dienone is 1. The molecule has 0 saturated heterocycles. The van der Waals surface area contributed by atoms with E-state index in [4.69, 9.17) is 19.9 Å². The molecule has 0 radical (unpaired) electrons. The third kappa shape index (κ3) is 2.23. The molecule has 0 aromatic heterocycles. The van der Waals surface area contributed by atoms with Crippen molar-refractivity contribution in [2.75, 3.05) is 19.5 Å². The van der Waals surface area contributed by atoms with Gasteiger partial charge in [0, 0.05) is 15.7 Å². The number of hydrogen-bond donors (Lipinski definition) is 2. The van der Waals surface area contributed by atoms with E-state index in [0.717, 1.165) is 7.11 Å². The quantitative estimate of drug-likeness (QED) is 0.692. The summed E-state index contributed by atoms with van der Waals surface area (Å²) in [4.78, 5) is 38.3. The lowest BCUT2D eigenvalue weighted by Crippen LogP contribution is -2.48. The highest BCUT2D eigenvalue weighted by atomic mass is 79.9. The number of ether oxygens (including phenoxy) is 3. The fraction of sp³-hybridized carbons (Fsp3) is 0.235. The monoisotopic (exact) mass is 422 g/mol. The Bertz CT molecular complexity index is 880. The zero-order chi connectivity index (χ0) is 19.2. The molecule has 1 aromatic rings. The molecule has 2 aliphatic heterocycles. The summed E-state index contributed by atoms with van der Waals surface area (Å²) in [6.07, 6.45) is 0. The van der Waals surface area contributed by atoms with E-state index >= 15 is 0 Å². The van der Waals surface area contributed by atoms with Crippen LogP contribution in [0.2, 0.25) is 0 Å². The van der Waals surface area contributed by atoms with Crippen molar-refractivity contribution in [3.63, 3.8) is 0 Å². The van der Waals surface area contributed by atoms with Gasteiger partial charge in [-0.05, 0) is 25.1 Å². The number of rotatable bonds is 2. The van der Waals surface area contributed by atoms with Gasteiger partial charge in [-0.25, -0.2) is 9.59 Å². The van der Waals surface area contributed by atoms with Gasteiger partial charge < -0.3 is 25.3 Å². The smallest absolute Gasteiger partial charge is 0.340 e. The Morgan fingerprint density at radius 1 is 1.19 bits per heavy atom. The number of carbonyl (C=O) groups excluding carboxylic acids is 3. The lowest BCUT2D eigenvalue weighted by molar-refractivity contribution is -0.141. The van der Waals surface area contributed by atoms with Gasteiger partial charge in [0.2, 0.25) is 11.8 Å². The molecule has 0 bridgehead atoms. The van der Waals surface area contributed by atoms with Crippen LogP contribution >= 0.6 is 15.9 Å². The summed E-state index contributed by atoms with van der Waals surface area (Å²) in [5.41, 5.74) is 4.48. The first kappa shape index (κ1) is 18.0. The summed E-state index contributed by atoms with van der Waals surface area (Å²) >= 11 is 3.35. The number of nitrogens with one attached hydrogen (secondary N) is 1. The molecule has 136 valence electrons. The number of carbonyl (C=O) groups is 3. The first-order chi connectivity index (χ1) is 12.3. The van der Waals surface area contributed by atoms with Crippen LogP contribution in [0.4, 0.5) is 5.69 Å². The van der Waals surface area contributed by atoms with Gasteiger partial charge >= 0.3 is 11.9 Å². The molecule has 9 heteroatoms. The number of methoxy groups -OCH3 is 2. The summed E-state index contributed by atoms with van der Waals surface area (Å²) in [5.74, 6) is -2.59. The van der Waals surface area contributed by atoms with Gasteiger partial charge in [0.05, 0.1) is 14.2 Å². The van der Waals surface area contributed by atoms with Gasteiger partial charge in [0.25, 0.3) is 0 Å². The van der Waals surface area contributed by atoms with Gasteiger partial charge in [-0.15, -0.1) is 0 Å². The Hall–Kier alpha value is -2.81. The molecule has 26 heavy (non-hydrogen) atoms. The number of nitrogens with two attached hydrogens (primary N) is 1. The Kier molecular flexibility index (Phi) is 4.27. The number of benzene rings is 1. The van der Waals surface area contributed by atoms with Crippen LogP contribution in [0, 0.1) is 0 Å². The normalized spacial score (nSPS) is 21.3. The molecule has 1 amide bonds. The molecule has 8 nitrogen and oxygen atoms in total. The van der Waals surface area contributed by atoms with Gasteiger partial charge in [-0.1, -0.05) is 15.9 Å². The van der Waals surface area contributed by atoms with Crippen molar-refractivity contribution < 1.29 is 28.6 Å². The number of fused-ring (bicyclic) bond motifs is 2. The number of amides is 1. The maximum absolute atomic E-state index is 13.2. The minimum absolute atomic E-state index is 0.0602. The first-order valence-corrected chi connectivity index (χ1v) is 8.25. The van der Waals surface area contributed by atoms with Gasteiger partial charge in [-0.2, -0.15) is 0 Å². The molecule has 1 spiro atoms. The number of esters is 2. The van der Waals surface area contributed by atoms with E-state index in [0.29, 0.717) is 15.7 Å². The molecule has 2 heterocycles. The summed E-state index contributed by atoms with van der Waals surface area (Å²) in [6, 6.07) is 5.00. The highest BCUT2D eigenvalue weighted by molar-refractivity contribution is 9.10. The molecule has 2 aliphatic rings. The zero-order valence-corrected chi connectivity index (χ0v) is 15.7. The van der Waals surface area contributed by atoms with E-state index in [9.17, 15) is 14.4 Å². The molecule has 0 fully saturated rings. The van der Waals surface area contributed by atoms with Gasteiger partial charge in [0.1, 0.15) is 22.3 Å². The fourth-order valence-electron chi connectivity index (χ4n) is 3.37. The van der Waals surface area contributed by atoms with Crippen molar-refractivity contribution in [3.8, 4) is 0 Å². The van der Waals surface area contributed by atoms with Crippen LogP contribution in [-0.2, 0) is 34.0 Å². The highest BCUT2D eigenvalue weighted by Gasteiger charge is 2.61. The van der Waals surface area contributed by atoms with Crippen LogP contribution in [0.5, 0.6) is 0 Å². The topological polar surface area (TPSA) is 117 Å². The first-order valence-electron chi connectivity index (χ1n) is 7.46. The van der Waals surface area contributed by atoms with E-state index in [2.05, 4.69) is 21.2 Å². The molecule has 1 aromatic carbocycles. The van der Waals surface area contributed by atoms with E-state index in [1.807, 2.05) is 0 Å². The predicted molar refractivity (Wildman–Crippen MR) is 93.5 cm³/mol. The van der Waals surface area contributed by atoms with Crippen molar-refractivity contribution in [2.24, 2.45) is 5.73 Å². The Labute approximate surface area is 157 Å². The molecule has 0 saturated carbocycles. The van der Waals surface area contributed by atoms with Crippen molar-refractivity contribution >= 4 is 39.5 Å². The molecular formula is C17H15BrN2O6. The highest BCUT2D eigenvalue weighted by Crippen LogP contribution is 2.52. The van der Waals surface area contributed by atoms with E-state index < -0.39 is 23.3 Å². The van der Waals surface area contributed by atoms with Crippen molar-refractivity contribution in [1.82, 2.24) is 0 Å². The third-order valence-electron chi connectivity index (χ3n) is 4.36. The second-order valence-electron chi connectivity index (χ2n) is 5.65. The summed E-state index contributed by atoms with van der Waals surface area (Å²) in [6.45, 7) is 1.47. The van der Waals surface area contributed by atoms with Crippen molar-refractivity contribution in [2.45, 2.75) is 12.3 Å². The summed E-state index contributed by atoms with van der Waals surface area (Å²) in [5, 5.41) is 2.69. The van der Waals surface area contributed by atoms with Crippen LogP contribution in [-0.4, -0.2) is 32.1 Å². The van der Waals surface area contributed by atoms with E-state index in [1.165, 1.54) is 14.0 Å². The van der Waals surface area contributed by atoms with Crippen molar-refractivity contribution in [1.29, 1.82) is 0 Å². The standard InChI is InChI=1S/C17H15BrN2O6/c1-7-11(14(21)24-2)17(12(13(19)26-7)15(22)25-3)9-6-8(18)4-5-10(9)20-16(17)23/h4-6H,19H2,1-3H3,(H,20,23). The minimum atomic E-state index is -1.84. The summed E-state index contributed by atoms with van der Waals surface area (Å²) < 4.78 is 15.7. The molecule has 0 aliphatic carbocycles. The maximum Gasteiger partial charge on any atom is 0.340 e. The lowest BCUT2D eigenvalue weighted by atomic mass is 9.67. The number of hydrogen-bond acceptors (Lipinski definition) is 7.